The molecule has 0 atom stereocenters. The summed E-state index contributed by atoms with van der Waals surface area (Å²) in [6, 6.07) is 5.10. The zero-order valence-corrected chi connectivity index (χ0v) is 9.58. The van der Waals surface area contributed by atoms with Gasteiger partial charge in [0.25, 0.3) is 0 Å². The Bertz CT molecular complexity index is 177. The molecule has 1 heterocycles. The summed E-state index contributed by atoms with van der Waals surface area (Å²) in [6.45, 7) is 4.00. The monoisotopic (exact) mass is 225 g/mol. The van der Waals surface area contributed by atoms with Crippen LogP contribution in [0.1, 0.15) is 19.5 Å². The summed E-state index contributed by atoms with van der Waals surface area (Å²) in [6.07, 6.45) is 3.22. The summed E-state index contributed by atoms with van der Waals surface area (Å²) < 4.78 is 0. The van der Waals surface area contributed by atoms with Gasteiger partial charge in [-0.25, -0.2) is 0 Å². The molecule has 0 spiro atoms. The molecule has 57 valence electrons. The molecule has 1 aromatic rings. The Labute approximate surface area is 92.3 Å². The van der Waals surface area contributed by atoms with E-state index in [0.29, 0.717) is 5.69 Å². The first-order chi connectivity index (χ1) is 4.93. The van der Waals surface area contributed by atoms with Crippen LogP contribution in [-0.2, 0) is 37.5 Å². The molecule has 0 saturated heterocycles. The van der Waals surface area contributed by atoms with Crippen molar-refractivity contribution in [3.63, 3.8) is 0 Å². The Morgan fingerprint density at radius 2 is 2.00 bits per heavy atom. The number of nitrogens with zero attached hydrogens (tertiary/aromatic N) is 1. The van der Waals surface area contributed by atoms with Crippen LogP contribution in [0.15, 0.2) is 24.4 Å². The number of hydrogen-bond acceptors (Lipinski definition) is 2. The van der Waals surface area contributed by atoms with Crippen LogP contribution in [0.3, 0.4) is 0 Å². The molecule has 3 heteroatoms. The molecule has 0 aliphatic heterocycles. The number of pyridine rings is 1. The maximum absolute atomic E-state index is 9.82. The molecule has 1 rings (SSSR count). The van der Waals surface area contributed by atoms with Crippen molar-refractivity contribution in [3.8, 4) is 0 Å². The Balaban J connectivity index is 0. The first-order valence-electron chi connectivity index (χ1n) is 3.22. The van der Waals surface area contributed by atoms with Crippen LogP contribution in [-0.4, -0.2) is 11.3 Å². The van der Waals surface area contributed by atoms with Gasteiger partial charge in [-0.15, -0.1) is 6.07 Å². The Morgan fingerprint density at radius 1 is 1.36 bits per heavy atom. The zero-order valence-electron chi connectivity index (χ0n) is 6.74. The van der Waals surface area contributed by atoms with Crippen LogP contribution < -0.4 is 0 Å². The maximum Gasteiger partial charge on any atom is 0.0223 e. The van der Waals surface area contributed by atoms with Gasteiger partial charge in [-0.05, 0) is 0 Å². The van der Waals surface area contributed by atoms with Crippen molar-refractivity contribution in [2.45, 2.75) is 13.8 Å². The predicted molar refractivity (Wildman–Crippen MR) is 40.4 cm³/mol. The third-order valence-corrected chi connectivity index (χ3v) is 0.769. The van der Waals surface area contributed by atoms with E-state index in [1.807, 2.05) is 13.8 Å². The molecule has 1 aromatic heterocycles. The fourth-order valence-electron chi connectivity index (χ4n) is 0.423. The quantitative estimate of drug-likeness (QED) is 0.679. The van der Waals surface area contributed by atoms with Crippen molar-refractivity contribution in [3.05, 3.63) is 30.1 Å². The van der Waals surface area contributed by atoms with E-state index < -0.39 is 0 Å². The number of carbonyl (C=O) groups excluding carboxylic acids is 1. The number of hydrogen-bond donors (Lipinski definition) is 0. The largest absolute Gasteiger partial charge is 0.417 e. The fourth-order valence-corrected chi connectivity index (χ4v) is 0.423. The van der Waals surface area contributed by atoms with Crippen LogP contribution in [0.2, 0.25) is 0 Å². The molecular formula is C8H10NOY-. The molecule has 0 bridgehead atoms. The van der Waals surface area contributed by atoms with Crippen LogP contribution in [0.4, 0.5) is 0 Å². The van der Waals surface area contributed by atoms with E-state index in [1.54, 1.807) is 30.7 Å². The van der Waals surface area contributed by atoms with Crippen molar-refractivity contribution >= 4 is 6.29 Å². The molecule has 0 aliphatic rings. The summed E-state index contributed by atoms with van der Waals surface area (Å²) >= 11 is 0. The summed E-state index contributed by atoms with van der Waals surface area (Å²) in [5, 5.41) is 0. The zero-order chi connectivity index (χ0) is 7.82. The van der Waals surface area contributed by atoms with Gasteiger partial charge in [-0.1, -0.05) is 25.6 Å². The minimum Gasteiger partial charge on any atom is -0.417 e. The van der Waals surface area contributed by atoms with Gasteiger partial charge in [-0.2, -0.15) is 6.07 Å². The smallest absolute Gasteiger partial charge is 0.0223 e. The molecule has 0 fully saturated rings. The maximum atomic E-state index is 9.82. The second kappa shape index (κ2) is 9.92. The third-order valence-electron chi connectivity index (χ3n) is 0.769. The number of rotatable bonds is 1. The van der Waals surface area contributed by atoms with E-state index in [4.69, 9.17) is 0 Å². The van der Waals surface area contributed by atoms with E-state index in [9.17, 15) is 4.79 Å². The minimum absolute atomic E-state index is 0. The van der Waals surface area contributed by atoms with Crippen molar-refractivity contribution < 1.29 is 37.5 Å². The molecular weight excluding hydrogens is 215 g/mol. The third kappa shape index (κ3) is 6.33. The summed E-state index contributed by atoms with van der Waals surface area (Å²) in [5.41, 5.74) is 0.354. The van der Waals surface area contributed by atoms with E-state index in [1.165, 1.54) is 0 Å². The van der Waals surface area contributed by atoms with E-state index in [-0.39, 0.29) is 32.7 Å². The normalized spacial score (nSPS) is 6.73. The van der Waals surface area contributed by atoms with Gasteiger partial charge < -0.3 is 4.79 Å². The van der Waals surface area contributed by atoms with Gasteiger partial charge in [0, 0.05) is 45.2 Å². The van der Waals surface area contributed by atoms with Crippen molar-refractivity contribution in [1.29, 1.82) is 0 Å². The standard InChI is InChI=1S/C6H4NO.C2H6.Y/c8-5-6-3-1-2-4-7-6;1-2;/h1-4H;1-2H3;/q-1;;. The average Bonchev–Trinajstić information content (AvgIpc) is 2.10. The van der Waals surface area contributed by atoms with Crippen LogP contribution in [0.25, 0.3) is 0 Å². The predicted octanol–water partition coefficient (Wildman–Crippen LogP) is 1.56. The van der Waals surface area contributed by atoms with E-state index >= 15 is 0 Å². The average molecular weight is 225 g/mol. The minimum atomic E-state index is 0. The summed E-state index contributed by atoms with van der Waals surface area (Å²) in [5.74, 6) is 0. The number of aromatic nitrogens is 1. The Hall–Kier alpha value is -0.0761. The fraction of sp³-hybridized carbons (Fsp3) is 0.250. The second-order valence-electron chi connectivity index (χ2n) is 1.32. The van der Waals surface area contributed by atoms with E-state index in [2.05, 4.69) is 4.98 Å². The molecule has 2 nitrogen and oxygen atoms in total. The van der Waals surface area contributed by atoms with Crippen molar-refractivity contribution in [1.82, 2.24) is 4.98 Å². The molecule has 0 saturated carbocycles. The topological polar surface area (TPSA) is 30.0 Å². The Kier molecular flexibility index (Phi) is 12.2. The van der Waals surface area contributed by atoms with Crippen LogP contribution in [0.5, 0.6) is 0 Å². The van der Waals surface area contributed by atoms with Gasteiger partial charge in [0.1, 0.15) is 0 Å². The molecule has 0 unspecified atom stereocenters. The van der Waals surface area contributed by atoms with E-state index in [0.717, 1.165) is 0 Å². The van der Waals surface area contributed by atoms with Gasteiger partial charge in [0.05, 0.1) is 0 Å². The molecule has 1 radical (unpaired) electrons. The second-order valence-corrected chi connectivity index (χ2v) is 1.32. The molecule has 0 amide bonds. The summed E-state index contributed by atoms with van der Waals surface area (Å²) in [4.78, 5) is 13.5. The van der Waals surface area contributed by atoms with Crippen LogP contribution >= 0.6 is 0 Å². The molecule has 11 heavy (non-hydrogen) atoms. The first-order valence-corrected chi connectivity index (χ1v) is 3.22. The molecule has 0 aliphatic carbocycles. The summed E-state index contributed by atoms with van der Waals surface area (Å²) in [7, 11) is 0. The van der Waals surface area contributed by atoms with Gasteiger partial charge in [0.15, 0.2) is 0 Å². The van der Waals surface area contributed by atoms with Crippen molar-refractivity contribution in [2.24, 2.45) is 0 Å². The van der Waals surface area contributed by atoms with Gasteiger partial charge >= 0.3 is 0 Å². The SMILES string of the molecule is CC.O=[C-]c1ccccn1.[Y]. The van der Waals surface area contributed by atoms with Gasteiger partial charge in [-0.3, -0.25) is 4.98 Å². The first kappa shape index (κ1) is 13.5. The van der Waals surface area contributed by atoms with Crippen LogP contribution in [0, 0.1) is 0 Å². The Morgan fingerprint density at radius 3 is 2.27 bits per heavy atom. The van der Waals surface area contributed by atoms with Crippen molar-refractivity contribution in [2.75, 3.05) is 0 Å². The van der Waals surface area contributed by atoms with Gasteiger partial charge in [0.2, 0.25) is 0 Å². The molecule has 0 N–H and O–H groups in total. The molecule has 0 aromatic carbocycles.